The van der Waals surface area contributed by atoms with Crippen molar-refractivity contribution in [2.24, 2.45) is 0 Å². The first-order chi connectivity index (χ1) is 15.2. The van der Waals surface area contributed by atoms with E-state index in [1.807, 2.05) is 53.9 Å². The van der Waals surface area contributed by atoms with E-state index < -0.39 is 0 Å². The molecule has 9 heteroatoms. The van der Waals surface area contributed by atoms with Crippen LogP contribution in [0, 0.1) is 0 Å². The maximum absolute atomic E-state index is 12.2. The van der Waals surface area contributed by atoms with E-state index in [1.54, 1.807) is 18.7 Å². The Morgan fingerprint density at radius 2 is 1.65 bits per heavy atom. The van der Waals surface area contributed by atoms with Gasteiger partial charge in [-0.15, -0.1) is 16.4 Å². The molecular weight excluding hydrogens is 416 g/mol. The summed E-state index contributed by atoms with van der Waals surface area (Å²) >= 11 is 1.47. The smallest absolute Gasteiger partial charge is 0.250 e. The lowest BCUT2D eigenvalue weighted by Crippen LogP contribution is -2.14. The quantitative estimate of drug-likeness (QED) is 0.393. The lowest BCUT2D eigenvalue weighted by molar-refractivity contribution is -0.116. The number of hydrogen-bond acceptors (Lipinski definition) is 7. The minimum absolute atomic E-state index is 0.150. The minimum atomic E-state index is -0.150. The van der Waals surface area contributed by atoms with Crippen molar-refractivity contribution in [3.05, 3.63) is 53.9 Å². The molecule has 4 rings (SSSR count). The van der Waals surface area contributed by atoms with Gasteiger partial charge in [-0.3, -0.25) is 10.1 Å². The third-order valence-corrected chi connectivity index (χ3v) is 5.41. The molecule has 1 amide bonds. The van der Waals surface area contributed by atoms with E-state index in [-0.39, 0.29) is 5.91 Å². The fourth-order valence-electron chi connectivity index (χ4n) is 2.98. The number of carbonyl (C=O) groups excluding carboxylic acids is 1. The van der Waals surface area contributed by atoms with Crippen LogP contribution in [0.5, 0.6) is 17.2 Å². The molecule has 0 fully saturated rings. The molecule has 0 atom stereocenters. The molecule has 0 aliphatic rings. The number of rotatable bonds is 9. The van der Waals surface area contributed by atoms with Crippen molar-refractivity contribution < 1.29 is 19.0 Å². The predicted octanol–water partition coefficient (Wildman–Crippen LogP) is 4.27. The third-order valence-electron chi connectivity index (χ3n) is 4.59. The van der Waals surface area contributed by atoms with Crippen LogP contribution in [-0.2, 0) is 4.79 Å². The number of fused-ring (bicyclic) bond motifs is 1. The number of hydrogen-bond donors (Lipinski definition) is 1. The van der Waals surface area contributed by atoms with Crippen molar-refractivity contribution in [3.63, 3.8) is 0 Å². The number of amides is 1. The first kappa shape index (κ1) is 20.7. The highest BCUT2D eigenvalue weighted by molar-refractivity contribution is 7.15. The van der Waals surface area contributed by atoms with Crippen molar-refractivity contribution in [1.29, 1.82) is 0 Å². The van der Waals surface area contributed by atoms with E-state index in [2.05, 4.69) is 15.4 Å². The SMILES string of the molecule is COc1ccc(OCCCC(=O)Nc2nc3scc(-c4ccc(OC)cc4)n3n2)cc1. The summed E-state index contributed by atoms with van der Waals surface area (Å²) in [6.45, 7) is 0.438. The summed E-state index contributed by atoms with van der Waals surface area (Å²) in [7, 11) is 3.25. The van der Waals surface area contributed by atoms with Gasteiger partial charge in [0.1, 0.15) is 17.2 Å². The second-order valence-electron chi connectivity index (χ2n) is 6.65. The highest BCUT2D eigenvalue weighted by Gasteiger charge is 2.13. The molecule has 0 bridgehead atoms. The van der Waals surface area contributed by atoms with Crippen LogP contribution in [-0.4, -0.2) is 41.3 Å². The number of ether oxygens (including phenoxy) is 3. The molecule has 0 saturated heterocycles. The second kappa shape index (κ2) is 9.48. The van der Waals surface area contributed by atoms with Gasteiger partial charge in [0.25, 0.3) is 0 Å². The van der Waals surface area contributed by atoms with Gasteiger partial charge < -0.3 is 14.2 Å². The van der Waals surface area contributed by atoms with Crippen LogP contribution in [0.2, 0.25) is 0 Å². The summed E-state index contributed by atoms with van der Waals surface area (Å²) in [6, 6.07) is 15.0. The molecule has 0 aliphatic carbocycles. The Labute approximate surface area is 183 Å². The van der Waals surface area contributed by atoms with Gasteiger partial charge in [0, 0.05) is 17.4 Å². The molecule has 31 heavy (non-hydrogen) atoms. The molecule has 0 aliphatic heterocycles. The maximum Gasteiger partial charge on any atom is 0.250 e. The minimum Gasteiger partial charge on any atom is -0.497 e. The highest BCUT2D eigenvalue weighted by Crippen LogP contribution is 2.27. The Balaban J connectivity index is 1.30. The fourth-order valence-corrected chi connectivity index (χ4v) is 3.81. The van der Waals surface area contributed by atoms with E-state index >= 15 is 0 Å². The molecule has 2 heterocycles. The Morgan fingerprint density at radius 3 is 2.32 bits per heavy atom. The Kier molecular flexibility index (Phi) is 6.32. The number of anilines is 1. The first-order valence-electron chi connectivity index (χ1n) is 9.71. The molecule has 1 N–H and O–H groups in total. The molecule has 4 aromatic rings. The van der Waals surface area contributed by atoms with Gasteiger partial charge in [-0.05, 0) is 55.0 Å². The van der Waals surface area contributed by atoms with Crippen molar-refractivity contribution in [2.45, 2.75) is 12.8 Å². The molecule has 8 nitrogen and oxygen atoms in total. The fraction of sp³-hybridized carbons (Fsp3) is 0.227. The van der Waals surface area contributed by atoms with Crippen LogP contribution < -0.4 is 19.5 Å². The topological polar surface area (TPSA) is 87.0 Å². The van der Waals surface area contributed by atoms with Crippen LogP contribution in [0.25, 0.3) is 16.2 Å². The average Bonchev–Trinajstić information content (AvgIpc) is 3.37. The van der Waals surface area contributed by atoms with Gasteiger partial charge >= 0.3 is 0 Å². The van der Waals surface area contributed by atoms with Gasteiger partial charge in [-0.2, -0.15) is 4.98 Å². The van der Waals surface area contributed by atoms with Crippen LogP contribution in [0.4, 0.5) is 5.95 Å². The van der Waals surface area contributed by atoms with Crippen LogP contribution >= 0.6 is 11.3 Å². The summed E-state index contributed by atoms with van der Waals surface area (Å²) < 4.78 is 17.7. The van der Waals surface area contributed by atoms with Crippen molar-refractivity contribution in [3.8, 4) is 28.5 Å². The number of thiazole rings is 1. The average molecular weight is 439 g/mol. The van der Waals surface area contributed by atoms with Crippen molar-refractivity contribution in [1.82, 2.24) is 14.6 Å². The molecular formula is C22H22N4O4S. The predicted molar refractivity (Wildman–Crippen MR) is 119 cm³/mol. The Bertz CT molecular complexity index is 1150. The van der Waals surface area contributed by atoms with Crippen LogP contribution in [0.1, 0.15) is 12.8 Å². The van der Waals surface area contributed by atoms with Crippen LogP contribution in [0.15, 0.2) is 53.9 Å². The monoisotopic (exact) mass is 438 g/mol. The molecule has 0 radical (unpaired) electrons. The summed E-state index contributed by atoms with van der Waals surface area (Å²) in [5, 5.41) is 9.18. The summed E-state index contributed by atoms with van der Waals surface area (Å²) in [6.07, 6.45) is 0.894. The normalized spacial score (nSPS) is 10.8. The second-order valence-corrected chi connectivity index (χ2v) is 7.49. The van der Waals surface area contributed by atoms with Gasteiger partial charge in [0.15, 0.2) is 0 Å². The van der Waals surface area contributed by atoms with Crippen molar-refractivity contribution >= 4 is 28.2 Å². The standard InChI is InChI=1S/C22H22N4O4S/c1-28-16-7-5-15(6-8-16)19-14-31-22-24-21(25-26(19)22)23-20(27)4-3-13-30-18-11-9-17(29-2)10-12-18/h5-12,14H,3-4,13H2,1-2H3,(H,23,25,27). The lowest BCUT2D eigenvalue weighted by Gasteiger charge is -2.06. The van der Waals surface area contributed by atoms with Gasteiger partial charge in [0.05, 0.1) is 26.5 Å². The molecule has 2 aromatic heterocycles. The molecule has 0 spiro atoms. The van der Waals surface area contributed by atoms with Gasteiger partial charge in [0.2, 0.25) is 16.8 Å². The zero-order valence-electron chi connectivity index (χ0n) is 17.2. The maximum atomic E-state index is 12.2. The first-order valence-corrected chi connectivity index (χ1v) is 10.6. The molecule has 0 unspecified atom stereocenters. The number of benzene rings is 2. The Hall–Kier alpha value is -3.59. The van der Waals surface area contributed by atoms with Crippen LogP contribution in [0.3, 0.4) is 0 Å². The number of aromatic nitrogens is 3. The lowest BCUT2D eigenvalue weighted by atomic mass is 10.2. The summed E-state index contributed by atoms with van der Waals surface area (Å²) in [4.78, 5) is 17.4. The van der Waals surface area contributed by atoms with Crippen molar-refractivity contribution in [2.75, 3.05) is 26.1 Å². The summed E-state index contributed by atoms with van der Waals surface area (Å²) in [5.74, 6) is 2.45. The zero-order chi connectivity index (χ0) is 21.6. The number of nitrogens with one attached hydrogen (secondary N) is 1. The molecule has 0 saturated carbocycles. The molecule has 2 aromatic carbocycles. The van der Waals surface area contributed by atoms with E-state index in [9.17, 15) is 4.79 Å². The summed E-state index contributed by atoms with van der Waals surface area (Å²) in [5.41, 5.74) is 1.90. The largest absolute Gasteiger partial charge is 0.497 e. The number of methoxy groups -OCH3 is 2. The van der Waals surface area contributed by atoms with Gasteiger partial charge in [-0.25, -0.2) is 4.52 Å². The van der Waals surface area contributed by atoms with E-state index in [1.165, 1.54) is 11.3 Å². The highest BCUT2D eigenvalue weighted by atomic mass is 32.1. The molecule has 160 valence electrons. The van der Waals surface area contributed by atoms with E-state index in [0.29, 0.717) is 30.4 Å². The van der Waals surface area contributed by atoms with Gasteiger partial charge in [-0.1, -0.05) is 0 Å². The van der Waals surface area contributed by atoms with E-state index in [0.717, 1.165) is 28.5 Å². The third kappa shape index (κ3) is 4.95. The number of carbonyl (C=O) groups is 1. The number of nitrogens with zero attached hydrogens (tertiary/aromatic N) is 3. The van der Waals surface area contributed by atoms with E-state index in [4.69, 9.17) is 14.2 Å². The zero-order valence-corrected chi connectivity index (χ0v) is 18.0. The Morgan fingerprint density at radius 1 is 1.00 bits per heavy atom.